The summed E-state index contributed by atoms with van der Waals surface area (Å²) in [5.41, 5.74) is 0.298. The van der Waals surface area contributed by atoms with Crippen molar-refractivity contribution in [1.82, 2.24) is 5.32 Å². The Hall–Kier alpha value is -0.590. The Kier molecular flexibility index (Phi) is 5.07. The van der Waals surface area contributed by atoms with E-state index in [1.54, 1.807) is 0 Å². The van der Waals surface area contributed by atoms with E-state index in [1.165, 1.54) is 12.8 Å². The zero-order valence-corrected chi connectivity index (χ0v) is 9.63. The molecule has 0 bridgehead atoms. The zero-order chi connectivity index (χ0) is 11.1. The van der Waals surface area contributed by atoms with E-state index >= 15 is 0 Å². The second-order valence-corrected chi connectivity index (χ2v) is 4.75. The molecule has 0 saturated heterocycles. The van der Waals surface area contributed by atoms with Gasteiger partial charge in [-0.1, -0.05) is 13.3 Å². The molecule has 0 heterocycles. The highest BCUT2D eigenvalue weighted by molar-refractivity contribution is 5.00. The van der Waals surface area contributed by atoms with Crippen molar-refractivity contribution in [1.29, 1.82) is 5.26 Å². The van der Waals surface area contributed by atoms with Crippen LogP contribution in [0.5, 0.6) is 0 Å². The lowest BCUT2D eigenvalue weighted by Gasteiger charge is -2.17. The van der Waals surface area contributed by atoms with Gasteiger partial charge in [-0.25, -0.2) is 0 Å². The van der Waals surface area contributed by atoms with Gasteiger partial charge in [0.15, 0.2) is 0 Å². The third-order valence-electron chi connectivity index (χ3n) is 3.46. The molecule has 2 N–H and O–H groups in total. The SMILES string of the molecule is CCC(CCO)CNCC1(CC#N)CC1. The molecular weight excluding hydrogens is 188 g/mol. The minimum Gasteiger partial charge on any atom is -0.396 e. The quantitative estimate of drug-likeness (QED) is 0.641. The van der Waals surface area contributed by atoms with Crippen LogP contribution in [-0.2, 0) is 0 Å². The molecule has 1 saturated carbocycles. The van der Waals surface area contributed by atoms with E-state index in [-0.39, 0.29) is 6.61 Å². The normalized spacial score (nSPS) is 19.5. The first-order valence-electron chi connectivity index (χ1n) is 5.95. The lowest BCUT2D eigenvalue weighted by atomic mass is 10.0. The summed E-state index contributed by atoms with van der Waals surface area (Å²) in [4.78, 5) is 0. The molecule has 0 amide bonds. The smallest absolute Gasteiger partial charge is 0.0628 e. The average Bonchev–Trinajstić information content (AvgIpc) is 2.98. The zero-order valence-electron chi connectivity index (χ0n) is 9.63. The first-order valence-corrected chi connectivity index (χ1v) is 5.95. The number of aliphatic hydroxyl groups excluding tert-OH is 1. The number of hydrogen-bond donors (Lipinski definition) is 2. The van der Waals surface area contributed by atoms with Gasteiger partial charge in [-0.05, 0) is 37.1 Å². The molecule has 3 heteroatoms. The molecule has 0 aromatic carbocycles. The van der Waals surface area contributed by atoms with E-state index in [9.17, 15) is 0 Å². The molecule has 86 valence electrons. The molecule has 15 heavy (non-hydrogen) atoms. The number of nitrogens with zero attached hydrogens (tertiary/aromatic N) is 1. The summed E-state index contributed by atoms with van der Waals surface area (Å²) in [6.45, 7) is 4.39. The van der Waals surface area contributed by atoms with Crippen molar-refractivity contribution in [2.45, 2.75) is 39.0 Å². The molecule has 1 rings (SSSR count). The molecule has 1 aliphatic carbocycles. The topological polar surface area (TPSA) is 56.0 Å². The Bertz CT molecular complexity index is 218. The fraction of sp³-hybridized carbons (Fsp3) is 0.917. The van der Waals surface area contributed by atoms with Gasteiger partial charge < -0.3 is 10.4 Å². The average molecular weight is 210 g/mol. The molecule has 1 aliphatic rings. The van der Waals surface area contributed by atoms with E-state index in [2.05, 4.69) is 18.3 Å². The second kappa shape index (κ2) is 6.09. The van der Waals surface area contributed by atoms with Gasteiger partial charge in [0.05, 0.1) is 6.07 Å². The summed E-state index contributed by atoms with van der Waals surface area (Å²) in [5, 5.41) is 21.0. The standard InChI is InChI=1S/C12H22N2O/c1-2-11(3-8-15)9-14-10-12(4-5-12)6-7-13/h11,14-15H,2-6,8-10H2,1H3. The van der Waals surface area contributed by atoms with Crippen molar-refractivity contribution in [3.63, 3.8) is 0 Å². The molecule has 1 fully saturated rings. The monoisotopic (exact) mass is 210 g/mol. The van der Waals surface area contributed by atoms with Crippen LogP contribution in [0.4, 0.5) is 0 Å². The van der Waals surface area contributed by atoms with E-state index in [1.807, 2.05) is 0 Å². The summed E-state index contributed by atoms with van der Waals surface area (Å²) >= 11 is 0. The van der Waals surface area contributed by atoms with Gasteiger partial charge in [0, 0.05) is 19.6 Å². The minimum atomic E-state index is 0.281. The molecular formula is C12H22N2O. The van der Waals surface area contributed by atoms with E-state index in [0.29, 0.717) is 17.8 Å². The Morgan fingerprint density at radius 2 is 2.27 bits per heavy atom. The fourth-order valence-corrected chi connectivity index (χ4v) is 1.94. The van der Waals surface area contributed by atoms with E-state index in [0.717, 1.165) is 25.9 Å². The van der Waals surface area contributed by atoms with E-state index in [4.69, 9.17) is 10.4 Å². The molecule has 0 aromatic rings. The van der Waals surface area contributed by atoms with Crippen molar-refractivity contribution in [2.24, 2.45) is 11.3 Å². The number of rotatable bonds is 8. The molecule has 0 radical (unpaired) electrons. The van der Waals surface area contributed by atoms with Gasteiger partial charge in [-0.2, -0.15) is 5.26 Å². The van der Waals surface area contributed by atoms with Crippen LogP contribution in [0.25, 0.3) is 0 Å². The Balaban J connectivity index is 2.12. The lowest BCUT2D eigenvalue weighted by molar-refractivity contribution is 0.249. The third kappa shape index (κ3) is 4.19. The molecule has 0 spiro atoms. The minimum absolute atomic E-state index is 0.281. The van der Waals surface area contributed by atoms with Gasteiger partial charge in [-0.3, -0.25) is 0 Å². The van der Waals surface area contributed by atoms with Gasteiger partial charge >= 0.3 is 0 Å². The number of nitrogens with one attached hydrogen (secondary N) is 1. The summed E-state index contributed by atoms with van der Waals surface area (Å²) in [6.07, 6.45) is 5.08. The Morgan fingerprint density at radius 1 is 1.53 bits per heavy atom. The first-order chi connectivity index (χ1) is 7.26. The maximum atomic E-state index is 8.85. The summed E-state index contributed by atoms with van der Waals surface area (Å²) in [6, 6.07) is 2.27. The summed E-state index contributed by atoms with van der Waals surface area (Å²) in [7, 11) is 0. The maximum absolute atomic E-state index is 8.85. The van der Waals surface area contributed by atoms with Crippen molar-refractivity contribution in [2.75, 3.05) is 19.7 Å². The molecule has 3 nitrogen and oxygen atoms in total. The molecule has 1 unspecified atom stereocenters. The van der Waals surface area contributed by atoms with Crippen LogP contribution in [0.2, 0.25) is 0 Å². The van der Waals surface area contributed by atoms with Crippen molar-refractivity contribution >= 4 is 0 Å². The molecule has 0 aromatic heterocycles. The summed E-state index contributed by atoms with van der Waals surface area (Å²) < 4.78 is 0. The van der Waals surface area contributed by atoms with Crippen LogP contribution < -0.4 is 5.32 Å². The van der Waals surface area contributed by atoms with Gasteiger partial charge in [0.1, 0.15) is 0 Å². The van der Waals surface area contributed by atoms with Crippen LogP contribution in [0, 0.1) is 22.7 Å². The largest absolute Gasteiger partial charge is 0.396 e. The maximum Gasteiger partial charge on any atom is 0.0628 e. The molecule has 1 atom stereocenters. The first kappa shape index (κ1) is 12.5. The van der Waals surface area contributed by atoms with Gasteiger partial charge in [0.25, 0.3) is 0 Å². The highest BCUT2D eigenvalue weighted by Crippen LogP contribution is 2.47. The Morgan fingerprint density at radius 3 is 2.73 bits per heavy atom. The second-order valence-electron chi connectivity index (χ2n) is 4.75. The van der Waals surface area contributed by atoms with Gasteiger partial charge in [0.2, 0.25) is 0 Å². The van der Waals surface area contributed by atoms with Crippen LogP contribution in [-0.4, -0.2) is 24.8 Å². The van der Waals surface area contributed by atoms with Crippen LogP contribution in [0.15, 0.2) is 0 Å². The van der Waals surface area contributed by atoms with Crippen LogP contribution in [0.1, 0.15) is 39.0 Å². The summed E-state index contributed by atoms with van der Waals surface area (Å²) in [5.74, 6) is 0.577. The highest BCUT2D eigenvalue weighted by atomic mass is 16.3. The number of nitriles is 1. The van der Waals surface area contributed by atoms with Crippen molar-refractivity contribution in [3.8, 4) is 6.07 Å². The number of hydrogen-bond acceptors (Lipinski definition) is 3. The van der Waals surface area contributed by atoms with Gasteiger partial charge in [-0.15, -0.1) is 0 Å². The van der Waals surface area contributed by atoms with Crippen molar-refractivity contribution in [3.05, 3.63) is 0 Å². The predicted octanol–water partition coefficient (Wildman–Crippen LogP) is 1.68. The van der Waals surface area contributed by atoms with Crippen LogP contribution in [0.3, 0.4) is 0 Å². The highest BCUT2D eigenvalue weighted by Gasteiger charge is 2.41. The lowest BCUT2D eigenvalue weighted by Crippen LogP contribution is -2.29. The molecule has 0 aliphatic heterocycles. The predicted molar refractivity (Wildman–Crippen MR) is 60.3 cm³/mol. The number of aliphatic hydroxyl groups is 1. The fourth-order valence-electron chi connectivity index (χ4n) is 1.94. The Labute approximate surface area is 92.5 Å². The van der Waals surface area contributed by atoms with E-state index < -0.39 is 0 Å². The third-order valence-corrected chi connectivity index (χ3v) is 3.46. The van der Waals surface area contributed by atoms with Crippen molar-refractivity contribution < 1.29 is 5.11 Å². The van der Waals surface area contributed by atoms with Crippen LogP contribution >= 0.6 is 0 Å².